The molecule has 0 heterocycles. The van der Waals surface area contributed by atoms with E-state index in [0.717, 1.165) is 5.56 Å². The summed E-state index contributed by atoms with van der Waals surface area (Å²) in [4.78, 5) is 23.5. The number of ether oxygens (including phenoxy) is 1. The Morgan fingerprint density at radius 1 is 1.24 bits per heavy atom. The number of amides is 1. The molecule has 0 saturated heterocycles. The van der Waals surface area contributed by atoms with Gasteiger partial charge in [0.1, 0.15) is 12.1 Å². The number of benzene rings is 1. The van der Waals surface area contributed by atoms with Crippen LogP contribution in [0.25, 0.3) is 0 Å². The van der Waals surface area contributed by atoms with Crippen molar-refractivity contribution >= 4 is 11.9 Å². The van der Waals surface area contributed by atoms with Gasteiger partial charge >= 0.3 is 5.97 Å². The maximum atomic E-state index is 11.9. The average Bonchev–Trinajstić information content (AvgIpc) is 2.49. The summed E-state index contributed by atoms with van der Waals surface area (Å²) in [5.74, 6) is -1.16. The standard InChI is InChI=1S/C16H23NO4/c1-11(2)14(16(20)21-3)17-15(19)13(18)10-9-12-7-5-4-6-8-12/h4-8,11,13-14,18H,9-10H2,1-3H3,(H,17,19)/t13-,14?/m1/s1. The lowest BCUT2D eigenvalue weighted by atomic mass is 10.0. The number of aryl methyl sites for hydroxylation is 1. The number of hydrogen-bond acceptors (Lipinski definition) is 4. The molecular formula is C16H23NO4. The molecule has 116 valence electrons. The summed E-state index contributed by atoms with van der Waals surface area (Å²) in [5.41, 5.74) is 1.05. The fourth-order valence-corrected chi connectivity index (χ4v) is 1.95. The molecule has 1 unspecified atom stereocenters. The Hall–Kier alpha value is -1.88. The molecule has 2 atom stereocenters. The summed E-state index contributed by atoms with van der Waals surface area (Å²) in [5, 5.41) is 12.4. The van der Waals surface area contributed by atoms with Crippen LogP contribution >= 0.6 is 0 Å². The molecule has 0 aliphatic rings. The van der Waals surface area contributed by atoms with Crippen molar-refractivity contribution in [3.05, 3.63) is 35.9 Å². The zero-order valence-corrected chi connectivity index (χ0v) is 12.7. The maximum absolute atomic E-state index is 11.9. The number of methoxy groups -OCH3 is 1. The van der Waals surface area contributed by atoms with E-state index in [1.165, 1.54) is 7.11 Å². The molecule has 2 N–H and O–H groups in total. The highest BCUT2D eigenvalue weighted by Crippen LogP contribution is 2.07. The number of carbonyl (C=O) groups is 2. The third kappa shape index (κ3) is 5.55. The van der Waals surface area contributed by atoms with E-state index in [1.807, 2.05) is 30.3 Å². The smallest absolute Gasteiger partial charge is 0.328 e. The van der Waals surface area contributed by atoms with Crippen LogP contribution in [0.4, 0.5) is 0 Å². The van der Waals surface area contributed by atoms with Gasteiger partial charge in [0.05, 0.1) is 7.11 Å². The number of carbonyl (C=O) groups excluding carboxylic acids is 2. The van der Waals surface area contributed by atoms with E-state index in [-0.39, 0.29) is 5.92 Å². The molecule has 1 aromatic carbocycles. The Morgan fingerprint density at radius 2 is 1.86 bits per heavy atom. The van der Waals surface area contributed by atoms with Crippen LogP contribution in [0.15, 0.2) is 30.3 Å². The van der Waals surface area contributed by atoms with Crippen LogP contribution < -0.4 is 5.32 Å². The van der Waals surface area contributed by atoms with E-state index in [1.54, 1.807) is 13.8 Å². The van der Waals surface area contributed by atoms with Gasteiger partial charge in [-0.3, -0.25) is 4.79 Å². The molecule has 5 heteroatoms. The van der Waals surface area contributed by atoms with E-state index in [4.69, 9.17) is 0 Å². The van der Waals surface area contributed by atoms with Gasteiger partial charge in [0.15, 0.2) is 0 Å². The fourth-order valence-electron chi connectivity index (χ4n) is 1.95. The van der Waals surface area contributed by atoms with Crippen molar-refractivity contribution in [1.82, 2.24) is 5.32 Å². The van der Waals surface area contributed by atoms with Gasteiger partial charge in [-0.2, -0.15) is 0 Å². The lowest BCUT2D eigenvalue weighted by Crippen LogP contribution is -2.48. The minimum absolute atomic E-state index is 0.109. The summed E-state index contributed by atoms with van der Waals surface area (Å²) in [6.07, 6.45) is -0.238. The van der Waals surface area contributed by atoms with Crippen molar-refractivity contribution in [3.8, 4) is 0 Å². The molecule has 0 aromatic heterocycles. The normalized spacial score (nSPS) is 13.6. The zero-order valence-electron chi connectivity index (χ0n) is 12.7. The Kier molecular flexibility index (Phi) is 6.88. The Bertz CT molecular complexity index is 459. The molecule has 0 fully saturated rings. The monoisotopic (exact) mass is 293 g/mol. The van der Waals surface area contributed by atoms with Gasteiger partial charge in [0, 0.05) is 0 Å². The molecule has 0 aliphatic carbocycles. The van der Waals surface area contributed by atoms with Crippen LogP contribution in [0, 0.1) is 5.92 Å². The van der Waals surface area contributed by atoms with Crippen molar-refractivity contribution < 1.29 is 19.4 Å². The first-order valence-corrected chi connectivity index (χ1v) is 7.06. The topological polar surface area (TPSA) is 75.6 Å². The Balaban J connectivity index is 2.51. The summed E-state index contributed by atoms with van der Waals surface area (Å²) in [6.45, 7) is 3.61. The molecule has 0 bridgehead atoms. The summed E-state index contributed by atoms with van der Waals surface area (Å²) in [6, 6.07) is 8.87. The lowest BCUT2D eigenvalue weighted by molar-refractivity contribution is -0.147. The van der Waals surface area contributed by atoms with Crippen LogP contribution in [0.3, 0.4) is 0 Å². The molecule has 0 aliphatic heterocycles. The minimum atomic E-state index is -1.14. The van der Waals surface area contributed by atoms with E-state index >= 15 is 0 Å². The zero-order chi connectivity index (χ0) is 15.8. The van der Waals surface area contributed by atoms with Crippen molar-refractivity contribution in [2.45, 2.75) is 38.8 Å². The lowest BCUT2D eigenvalue weighted by Gasteiger charge is -2.21. The maximum Gasteiger partial charge on any atom is 0.328 e. The van der Waals surface area contributed by atoms with E-state index < -0.39 is 24.0 Å². The molecule has 1 amide bonds. The number of nitrogens with one attached hydrogen (secondary N) is 1. The Morgan fingerprint density at radius 3 is 2.38 bits per heavy atom. The van der Waals surface area contributed by atoms with Gasteiger partial charge in [0.2, 0.25) is 5.91 Å². The molecule has 1 rings (SSSR count). The van der Waals surface area contributed by atoms with Crippen molar-refractivity contribution in [1.29, 1.82) is 0 Å². The second-order valence-corrected chi connectivity index (χ2v) is 5.29. The fraction of sp³-hybridized carbons (Fsp3) is 0.500. The number of esters is 1. The second-order valence-electron chi connectivity index (χ2n) is 5.29. The van der Waals surface area contributed by atoms with E-state index in [9.17, 15) is 14.7 Å². The van der Waals surface area contributed by atoms with E-state index in [0.29, 0.717) is 12.8 Å². The molecule has 1 aromatic rings. The van der Waals surface area contributed by atoms with Gasteiger partial charge < -0.3 is 15.2 Å². The van der Waals surface area contributed by atoms with Crippen molar-refractivity contribution in [2.24, 2.45) is 5.92 Å². The number of aliphatic hydroxyl groups excluding tert-OH is 1. The number of hydrogen-bond donors (Lipinski definition) is 2. The predicted octanol–water partition coefficient (Wildman–Crippen LogP) is 1.29. The summed E-state index contributed by atoms with van der Waals surface area (Å²) in [7, 11) is 1.27. The molecule has 0 saturated carbocycles. The minimum Gasteiger partial charge on any atom is -0.467 e. The van der Waals surface area contributed by atoms with Gasteiger partial charge in [0.25, 0.3) is 0 Å². The molecule has 5 nitrogen and oxygen atoms in total. The second kappa shape index (κ2) is 8.42. The van der Waals surface area contributed by atoms with E-state index in [2.05, 4.69) is 10.1 Å². The quantitative estimate of drug-likeness (QED) is 0.743. The number of rotatable bonds is 7. The highest BCUT2D eigenvalue weighted by Gasteiger charge is 2.27. The highest BCUT2D eigenvalue weighted by molar-refractivity contribution is 5.86. The third-order valence-electron chi connectivity index (χ3n) is 3.27. The first kappa shape index (κ1) is 17.2. The van der Waals surface area contributed by atoms with Crippen LogP contribution in [-0.2, 0) is 20.7 Å². The highest BCUT2D eigenvalue weighted by atomic mass is 16.5. The van der Waals surface area contributed by atoms with Crippen molar-refractivity contribution in [3.63, 3.8) is 0 Å². The predicted molar refractivity (Wildman–Crippen MR) is 79.6 cm³/mol. The van der Waals surface area contributed by atoms with Gasteiger partial charge in [-0.1, -0.05) is 44.2 Å². The molecule has 0 spiro atoms. The van der Waals surface area contributed by atoms with Crippen LogP contribution in [-0.4, -0.2) is 36.2 Å². The first-order chi connectivity index (χ1) is 9.95. The summed E-state index contributed by atoms with van der Waals surface area (Å²) < 4.78 is 4.65. The third-order valence-corrected chi connectivity index (χ3v) is 3.27. The SMILES string of the molecule is COC(=O)C(NC(=O)[C@H](O)CCc1ccccc1)C(C)C. The largest absolute Gasteiger partial charge is 0.467 e. The molecular weight excluding hydrogens is 270 g/mol. The summed E-state index contributed by atoms with van der Waals surface area (Å²) >= 11 is 0. The molecule has 21 heavy (non-hydrogen) atoms. The van der Waals surface area contributed by atoms with Gasteiger partial charge in [-0.15, -0.1) is 0 Å². The number of aliphatic hydroxyl groups is 1. The molecule has 0 radical (unpaired) electrons. The Labute approximate surface area is 125 Å². The van der Waals surface area contributed by atoms with Crippen LogP contribution in [0.5, 0.6) is 0 Å². The van der Waals surface area contributed by atoms with Crippen LogP contribution in [0.1, 0.15) is 25.8 Å². The van der Waals surface area contributed by atoms with Crippen LogP contribution in [0.2, 0.25) is 0 Å². The van der Waals surface area contributed by atoms with Gasteiger partial charge in [-0.05, 0) is 24.3 Å². The van der Waals surface area contributed by atoms with Gasteiger partial charge in [-0.25, -0.2) is 4.79 Å². The first-order valence-electron chi connectivity index (χ1n) is 7.06. The average molecular weight is 293 g/mol. The van der Waals surface area contributed by atoms with Crippen molar-refractivity contribution in [2.75, 3.05) is 7.11 Å².